The molecule has 0 spiro atoms. The number of hydrogen-bond acceptors (Lipinski definition) is 4. The van der Waals surface area contributed by atoms with Crippen molar-refractivity contribution in [3.63, 3.8) is 0 Å². The van der Waals surface area contributed by atoms with Gasteiger partial charge in [0.1, 0.15) is 6.04 Å². The fourth-order valence-corrected chi connectivity index (χ4v) is 2.19. The third-order valence-electron chi connectivity index (χ3n) is 3.14. The van der Waals surface area contributed by atoms with Crippen molar-refractivity contribution in [2.75, 3.05) is 39.8 Å². The fraction of sp³-hybridized carbons (Fsp3) is 0.917. The normalized spacial score (nSPS) is 21.4. The average Bonchev–Trinajstić information content (AvgIpc) is 2.46. The van der Waals surface area contributed by atoms with Crippen LogP contribution < -0.4 is 0 Å². The van der Waals surface area contributed by atoms with E-state index in [0.29, 0.717) is 6.61 Å². The van der Waals surface area contributed by atoms with Gasteiger partial charge in [0.25, 0.3) is 0 Å². The van der Waals surface area contributed by atoms with Crippen LogP contribution in [-0.4, -0.2) is 61.6 Å². The van der Waals surface area contributed by atoms with Gasteiger partial charge in [0.2, 0.25) is 0 Å². The van der Waals surface area contributed by atoms with Crippen LogP contribution in [0.4, 0.5) is 0 Å². The van der Waals surface area contributed by atoms with E-state index in [1.165, 1.54) is 0 Å². The van der Waals surface area contributed by atoms with E-state index in [-0.39, 0.29) is 12.0 Å². The van der Waals surface area contributed by atoms with Crippen LogP contribution in [0.15, 0.2) is 0 Å². The van der Waals surface area contributed by atoms with Gasteiger partial charge in [-0.15, -0.1) is 0 Å². The maximum Gasteiger partial charge on any atom is 0.323 e. The van der Waals surface area contributed by atoms with Gasteiger partial charge >= 0.3 is 5.97 Å². The zero-order valence-electron chi connectivity index (χ0n) is 10.7. The Labute approximate surface area is 98.5 Å². The van der Waals surface area contributed by atoms with Crippen LogP contribution in [0.5, 0.6) is 0 Å². The lowest BCUT2D eigenvalue weighted by molar-refractivity contribution is -0.149. The summed E-state index contributed by atoms with van der Waals surface area (Å²) in [5.41, 5.74) is 0. The molecule has 0 aromatic carbocycles. The van der Waals surface area contributed by atoms with Gasteiger partial charge in [-0.2, -0.15) is 0 Å². The van der Waals surface area contributed by atoms with Gasteiger partial charge < -0.3 is 9.64 Å². The Bertz CT molecular complexity index is 221. The van der Waals surface area contributed by atoms with E-state index in [0.717, 1.165) is 39.0 Å². The standard InChI is InChI=1S/C12H24N2O2/c1-4-11(12(15)16-5-2)14-8-6-7-13(3)9-10-14/h11H,4-10H2,1-3H3. The Morgan fingerprint density at radius 1 is 1.25 bits per heavy atom. The van der Waals surface area contributed by atoms with Crippen molar-refractivity contribution < 1.29 is 9.53 Å². The topological polar surface area (TPSA) is 32.8 Å². The smallest absolute Gasteiger partial charge is 0.323 e. The highest BCUT2D eigenvalue weighted by Gasteiger charge is 2.26. The number of rotatable bonds is 4. The molecule has 1 unspecified atom stereocenters. The molecule has 0 amide bonds. The lowest BCUT2D eigenvalue weighted by Gasteiger charge is -2.27. The first-order chi connectivity index (χ1) is 7.69. The number of hydrogen-bond donors (Lipinski definition) is 0. The zero-order chi connectivity index (χ0) is 12.0. The molecule has 16 heavy (non-hydrogen) atoms. The number of ether oxygens (including phenoxy) is 1. The summed E-state index contributed by atoms with van der Waals surface area (Å²) >= 11 is 0. The van der Waals surface area contributed by atoms with E-state index >= 15 is 0 Å². The molecular formula is C12H24N2O2. The highest BCUT2D eigenvalue weighted by atomic mass is 16.5. The number of carbonyl (C=O) groups is 1. The average molecular weight is 228 g/mol. The SMILES string of the molecule is CCOC(=O)C(CC)N1CCCN(C)CC1. The number of likely N-dealkylation sites (N-methyl/N-ethyl adjacent to an activating group) is 1. The van der Waals surface area contributed by atoms with E-state index in [4.69, 9.17) is 4.74 Å². The maximum atomic E-state index is 11.8. The van der Waals surface area contributed by atoms with Gasteiger partial charge in [-0.1, -0.05) is 6.92 Å². The fourth-order valence-electron chi connectivity index (χ4n) is 2.19. The number of nitrogens with zero attached hydrogens (tertiary/aromatic N) is 2. The Kier molecular flexibility index (Phi) is 5.77. The van der Waals surface area contributed by atoms with E-state index in [1.807, 2.05) is 6.92 Å². The molecule has 1 fully saturated rings. The molecule has 0 aromatic rings. The molecule has 0 bridgehead atoms. The van der Waals surface area contributed by atoms with Crippen LogP contribution in [0.1, 0.15) is 26.7 Å². The quantitative estimate of drug-likeness (QED) is 0.671. The van der Waals surface area contributed by atoms with E-state index < -0.39 is 0 Å². The van der Waals surface area contributed by atoms with Crippen LogP contribution in [0.2, 0.25) is 0 Å². The molecule has 1 rings (SSSR count). The van der Waals surface area contributed by atoms with Crippen LogP contribution in [0.25, 0.3) is 0 Å². The first-order valence-electron chi connectivity index (χ1n) is 6.28. The van der Waals surface area contributed by atoms with Crippen LogP contribution in [-0.2, 0) is 9.53 Å². The number of carbonyl (C=O) groups excluding carboxylic acids is 1. The molecule has 1 atom stereocenters. The minimum absolute atomic E-state index is 0.0496. The summed E-state index contributed by atoms with van der Waals surface area (Å²) in [6.07, 6.45) is 1.97. The summed E-state index contributed by atoms with van der Waals surface area (Å²) < 4.78 is 5.12. The molecule has 1 aliphatic heterocycles. The van der Waals surface area contributed by atoms with Crippen molar-refractivity contribution in [3.8, 4) is 0 Å². The predicted molar refractivity (Wildman–Crippen MR) is 64.4 cm³/mol. The van der Waals surface area contributed by atoms with Gasteiger partial charge in [-0.25, -0.2) is 0 Å². The summed E-state index contributed by atoms with van der Waals surface area (Å²) in [6, 6.07) is -0.0496. The summed E-state index contributed by atoms with van der Waals surface area (Å²) in [7, 11) is 2.13. The largest absolute Gasteiger partial charge is 0.465 e. The number of esters is 1. The molecule has 0 radical (unpaired) electrons. The van der Waals surface area contributed by atoms with Gasteiger partial charge in [0.05, 0.1) is 6.61 Å². The van der Waals surface area contributed by atoms with E-state index in [1.54, 1.807) is 0 Å². The molecule has 0 N–H and O–H groups in total. The summed E-state index contributed by atoms with van der Waals surface area (Å²) in [5.74, 6) is -0.0606. The Morgan fingerprint density at radius 3 is 2.62 bits per heavy atom. The first-order valence-corrected chi connectivity index (χ1v) is 6.28. The minimum Gasteiger partial charge on any atom is -0.465 e. The second-order valence-electron chi connectivity index (χ2n) is 4.37. The molecule has 0 aliphatic carbocycles. The van der Waals surface area contributed by atoms with E-state index in [2.05, 4.69) is 23.8 Å². The molecule has 94 valence electrons. The summed E-state index contributed by atoms with van der Waals surface area (Å²) in [5, 5.41) is 0. The third kappa shape index (κ3) is 3.76. The van der Waals surface area contributed by atoms with Crippen LogP contribution in [0, 0.1) is 0 Å². The van der Waals surface area contributed by atoms with Crippen LogP contribution >= 0.6 is 0 Å². The van der Waals surface area contributed by atoms with Gasteiger partial charge in [-0.3, -0.25) is 9.69 Å². The van der Waals surface area contributed by atoms with Crippen molar-refractivity contribution in [1.29, 1.82) is 0 Å². The van der Waals surface area contributed by atoms with Crippen molar-refractivity contribution >= 4 is 5.97 Å². The molecular weight excluding hydrogens is 204 g/mol. The molecule has 1 saturated heterocycles. The summed E-state index contributed by atoms with van der Waals surface area (Å²) in [4.78, 5) is 16.4. The highest BCUT2D eigenvalue weighted by molar-refractivity contribution is 5.75. The summed E-state index contributed by atoms with van der Waals surface area (Å²) in [6.45, 7) is 8.52. The molecule has 0 saturated carbocycles. The Morgan fingerprint density at radius 2 is 2.00 bits per heavy atom. The Hall–Kier alpha value is -0.610. The second-order valence-corrected chi connectivity index (χ2v) is 4.37. The molecule has 4 nitrogen and oxygen atoms in total. The van der Waals surface area contributed by atoms with Gasteiger partial charge in [0, 0.05) is 19.6 Å². The Balaban J connectivity index is 2.54. The maximum absolute atomic E-state index is 11.8. The first kappa shape index (κ1) is 13.5. The zero-order valence-corrected chi connectivity index (χ0v) is 10.7. The highest BCUT2D eigenvalue weighted by Crippen LogP contribution is 2.10. The van der Waals surface area contributed by atoms with E-state index in [9.17, 15) is 4.79 Å². The van der Waals surface area contributed by atoms with Crippen molar-refractivity contribution in [3.05, 3.63) is 0 Å². The minimum atomic E-state index is -0.0606. The van der Waals surface area contributed by atoms with Crippen molar-refractivity contribution in [1.82, 2.24) is 9.80 Å². The van der Waals surface area contributed by atoms with Crippen molar-refractivity contribution in [2.45, 2.75) is 32.7 Å². The lowest BCUT2D eigenvalue weighted by atomic mass is 10.2. The second kappa shape index (κ2) is 6.86. The van der Waals surface area contributed by atoms with Crippen molar-refractivity contribution in [2.24, 2.45) is 0 Å². The molecule has 1 aliphatic rings. The van der Waals surface area contributed by atoms with Crippen LogP contribution in [0.3, 0.4) is 0 Å². The predicted octanol–water partition coefficient (Wildman–Crippen LogP) is 0.966. The molecule has 0 aromatic heterocycles. The van der Waals surface area contributed by atoms with Gasteiger partial charge in [0.15, 0.2) is 0 Å². The monoisotopic (exact) mass is 228 g/mol. The third-order valence-corrected chi connectivity index (χ3v) is 3.14. The molecule has 1 heterocycles. The lowest BCUT2D eigenvalue weighted by Crippen LogP contribution is -2.43. The molecule has 4 heteroatoms. The van der Waals surface area contributed by atoms with Gasteiger partial charge in [-0.05, 0) is 33.4 Å².